The van der Waals surface area contributed by atoms with Crippen LogP contribution in [0.2, 0.25) is 0 Å². The van der Waals surface area contributed by atoms with Crippen LogP contribution in [0.1, 0.15) is 30.2 Å². The summed E-state index contributed by atoms with van der Waals surface area (Å²) >= 11 is 1.70. The number of thioether (sulfide) groups is 1. The molecule has 12 heteroatoms. The average Bonchev–Trinajstić information content (AvgIpc) is 2.91. The van der Waals surface area contributed by atoms with Crippen LogP contribution < -0.4 is 14.8 Å². The summed E-state index contributed by atoms with van der Waals surface area (Å²) in [4.78, 5) is 9.22. The fraction of sp³-hybridized carbons (Fsp3) is 0.478. The summed E-state index contributed by atoms with van der Waals surface area (Å²) in [6, 6.07) is 5.23. The second-order valence-corrected chi connectivity index (χ2v) is 9.54. The molecule has 1 saturated heterocycles. The minimum atomic E-state index is -1.54. The SMILES string of the molecule is COc1ccc2ncc(F)c([C@@H](O)[C@H](O)[C@@H]3CC[C@@H](NCc4cc5c(nn4)OCCS5)CO3)c2n1. The number of nitrogens with zero attached hydrogens (tertiary/aromatic N) is 4. The molecule has 2 aliphatic rings. The van der Waals surface area contributed by atoms with Gasteiger partial charge in [-0.25, -0.2) is 9.37 Å². The van der Waals surface area contributed by atoms with Crippen LogP contribution in [0.5, 0.6) is 11.8 Å². The molecule has 1 fully saturated rings. The Bertz CT molecular complexity index is 1200. The summed E-state index contributed by atoms with van der Waals surface area (Å²) < 4.78 is 31.1. The van der Waals surface area contributed by atoms with Crippen molar-refractivity contribution in [3.05, 3.63) is 41.5 Å². The van der Waals surface area contributed by atoms with E-state index in [9.17, 15) is 14.6 Å². The highest BCUT2D eigenvalue weighted by atomic mass is 32.2. The molecular formula is C23H26FN5O5S. The largest absolute Gasteiger partial charge is 0.481 e. The van der Waals surface area contributed by atoms with Crippen molar-refractivity contribution in [2.75, 3.05) is 26.1 Å². The lowest BCUT2D eigenvalue weighted by atomic mass is 9.94. The number of methoxy groups -OCH3 is 1. The maximum atomic E-state index is 14.7. The zero-order valence-electron chi connectivity index (χ0n) is 19.1. The van der Waals surface area contributed by atoms with E-state index in [1.165, 1.54) is 7.11 Å². The van der Waals surface area contributed by atoms with Crippen molar-refractivity contribution >= 4 is 22.8 Å². The van der Waals surface area contributed by atoms with Gasteiger partial charge in [-0.2, -0.15) is 5.10 Å². The van der Waals surface area contributed by atoms with Crippen LogP contribution in [0, 0.1) is 5.82 Å². The van der Waals surface area contributed by atoms with Gasteiger partial charge >= 0.3 is 0 Å². The summed E-state index contributed by atoms with van der Waals surface area (Å²) in [7, 11) is 1.44. The second kappa shape index (κ2) is 10.5. The molecule has 3 N–H and O–H groups in total. The zero-order chi connectivity index (χ0) is 24.4. The van der Waals surface area contributed by atoms with E-state index < -0.39 is 24.1 Å². The third kappa shape index (κ3) is 5.16. The van der Waals surface area contributed by atoms with Gasteiger partial charge in [0.1, 0.15) is 23.5 Å². The summed E-state index contributed by atoms with van der Waals surface area (Å²) in [5, 5.41) is 33.4. The smallest absolute Gasteiger partial charge is 0.247 e. The summed E-state index contributed by atoms with van der Waals surface area (Å²) in [5.74, 6) is 0.967. The molecule has 4 atom stereocenters. The highest BCUT2D eigenvalue weighted by Gasteiger charge is 2.35. The highest BCUT2D eigenvalue weighted by molar-refractivity contribution is 7.99. The third-order valence-electron chi connectivity index (χ3n) is 6.13. The Kier molecular flexibility index (Phi) is 7.25. The van der Waals surface area contributed by atoms with Gasteiger partial charge in [-0.05, 0) is 25.0 Å². The van der Waals surface area contributed by atoms with E-state index in [4.69, 9.17) is 14.2 Å². The van der Waals surface area contributed by atoms with Gasteiger partial charge in [0, 0.05) is 30.0 Å². The lowest BCUT2D eigenvalue weighted by molar-refractivity contribution is -0.114. The van der Waals surface area contributed by atoms with Gasteiger partial charge < -0.3 is 29.7 Å². The maximum absolute atomic E-state index is 14.7. The van der Waals surface area contributed by atoms with Gasteiger partial charge in [0.15, 0.2) is 0 Å². The number of nitrogens with one attached hydrogen (secondary N) is 1. The molecule has 35 heavy (non-hydrogen) atoms. The number of halogens is 1. The Morgan fingerprint density at radius 3 is 2.97 bits per heavy atom. The number of rotatable bonds is 7. The summed E-state index contributed by atoms with van der Waals surface area (Å²) in [6.07, 6.45) is -1.34. The van der Waals surface area contributed by atoms with Gasteiger partial charge in [0.25, 0.3) is 0 Å². The van der Waals surface area contributed by atoms with E-state index in [0.717, 1.165) is 22.5 Å². The number of aliphatic hydroxyl groups excluding tert-OH is 2. The van der Waals surface area contributed by atoms with Gasteiger partial charge in [-0.15, -0.1) is 16.9 Å². The quantitative estimate of drug-likeness (QED) is 0.436. The molecule has 2 aliphatic heterocycles. The minimum Gasteiger partial charge on any atom is -0.481 e. The van der Waals surface area contributed by atoms with Crippen molar-refractivity contribution in [3.8, 4) is 11.8 Å². The van der Waals surface area contributed by atoms with Crippen molar-refractivity contribution in [3.63, 3.8) is 0 Å². The first kappa shape index (κ1) is 24.1. The first-order valence-electron chi connectivity index (χ1n) is 11.4. The van der Waals surface area contributed by atoms with E-state index in [0.29, 0.717) is 44.0 Å². The van der Waals surface area contributed by atoms with Crippen LogP contribution in [-0.2, 0) is 11.3 Å². The van der Waals surface area contributed by atoms with Crippen LogP contribution in [0.4, 0.5) is 4.39 Å². The summed E-state index contributed by atoms with van der Waals surface area (Å²) in [6.45, 7) is 1.49. The standard InChI is InChI=1S/C23H26FN5O5S/c1-32-18-5-3-15-20(27-18)19(14(24)10-26-15)22(31)21(30)16-4-2-12(11-34-16)25-9-13-8-17-23(29-28-13)33-6-7-35-17/h3,5,8,10,12,16,21-22,25,30-31H,2,4,6-7,9,11H2,1H3/t12-,16+,21-,22-/m1/s1. The van der Waals surface area contributed by atoms with Gasteiger partial charge in [-0.1, -0.05) is 0 Å². The first-order chi connectivity index (χ1) is 17.0. The van der Waals surface area contributed by atoms with Crippen molar-refractivity contribution in [2.45, 2.75) is 48.6 Å². The van der Waals surface area contributed by atoms with E-state index in [1.807, 2.05) is 6.07 Å². The fourth-order valence-electron chi connectivity index (χ4n) is 4.25. The molecule has 5 rings (SSSR count). The van der Waals surface area contributed by atoms with Gasteiger partial charge in [-0.3, -0.25) is 4.98 Å². The summed E-state index contributed by atoms with van der Waals surface area (Å²) in [5.41, 5.74) is 1.21. The van der Waals surface area contributed by atoms with Crippen LogP contribution in [-0.4, -0.2) is 74.7 Å². The number of aromatic nitrogens is 4. The van der Waals surface area contributed by atoms with Crippen LogP contribution in [0.3, 0.4) is 0 Å². The molecule has 3 aromatic heterocycles. The molecule has 10 nitrogen and oxygen atoms in total. The van der Waals surface area contributed by atoms with E-state index in [-0.39, 0.29) is 23.0 Å². The Morgan fingerprint density at radius 2 is 2.17 bits per heavy atom. The zero-order valence-corrected chi connectivity index (χ0v) is 19.9. The maximum Gasteiger partial charge on any atom is 0.247 e. The van der Waals surface area contributed by atoms with Gasteiger partial charge in [0.2, 0.25) is 11.8 Å². The van der Waals surface area contributed by atoms with Crippen LogP contribution in [0.25, 0.3) is 11.0 Å². The lowest BCUT2D eigenvalue weighted by Gasteiger charge is -2.34. The topological polar surface area (TPSA) is 132 Å². The van der Waals surface area contributed by atoms with E-state index in [2.05, 4.69) is 25.5 Å². The number of hydrogen-bond donors (Lipinski definition) is 3. The van der Waals surface area contributed by atoms with Crippen LogP contribution >= 0.6 is 11.8 Å². The monoisotopic (exact) mass is 503 g/mol. The number of aliphatic hydroxyl groups is 2. The number of ether oxygens (including phenoxy) is 3. The molecule has 0 radical (unpaired) electrons. The molecule has 0 saturated carbocycles. The fourth-order valence-corrected chi connectivity index (χ4v) is 5.08. The van der Waals surface area contributed by atoms with E-state index >= 15 is 0 Å². The lowest BCUT2D eigenvalue weighted by Crippen LogP contribution is -2.45. The molecule has 3 aromatic rings. The Labute approximate surface area is 205 Å². The predicted molar refractivity (Wildman–Crippen MR) is 125 cm³/mol. The second-order valence-electron chi connectivity index (χ2n) is 8.41. The highest BCUT2D eigenvalue weighted by Crippen LogP contribution is 2.32. The molecule has 0 spiro atoms. The molecule has 0 aliphatic carbocycles. The van der Waals surface area contributed by atoms with Gasteiger partial charge in [0.05, 0.1) is 48.7 Å². The van der Waals surface area contributed by atoms with Crippen LogP contribution in [0.15, 0.2) is 29.3 Å². The van der Waals surface area contributed by atoms with Crippen molar-refractivity contribution in [1.82, 2.24) is 25.5 Å². The Hall–Kier alpha value is -2.64. The molecule has 0 amide bonds. The molecular weight excluding hydrogens is 477 g/mol. The molecule has 186 valence electrons. The molecule has 0 aromatic carbocycles. The molecule has 5 heterocycles. The Balaban J connectivity index is 1.20. The third-order valence-corrected chi connectivity index (χ3v) is 7.10. The first-order valence-corrected chi connectivity index (χ1v) is 12.3. The number of pyridine rings is 2. The average molecular weight is 504 g/mol. The van der Waals surface area contributed by atoms with Crippen molar-refractivity contribution in [1.29, 1.82) is 0 Å². The Morgan fingerprint density at radius 1 is 1.29 bits per heavy atom. The number of hydrogen-bond acceptors (Lipinski definition) is 11. The molecule has 0 bridgehead atoms. The number of fused-ring (bicyclic) bond motifs is 2. The van der Waals surface area contributed by atoms with E-state index in [1.54, 1.807) is 23.9 Å². The minimum absolute atomic E-state index is 0.0433. The predicted octanol–water partition coefficient (Wildman–Crippen LogP) is 1.78. The van der Waals surface area contributed by atoms with Crippen molar-refractivity contribution in [2.24, 2.45) is 0 Å². The normalized spacial score (nSPS) is 21.7. The molecule has 0 unspecified atom stereocenters. The van der Waals surface area contributed by atoms with Crippen molar-refractivity contribution < 1.29 is 28.8 Å².